The van der Waals surface area contributed by atoms with Gasteiger partial charge in [-0.3, -0.25) is 19.1 Å². The number of methoxy groups -OCH3 is 2. The molecular formula is C30H29ClN4O4S2. The molecule has 1 aliphatic rings. The third-order valence-corrected chi connectivity index (χ3v) is 8.53. The fourth-order valence-electron chi connectivity index (χ4n) is 4.58. The summed E-state index contributed by atoms with van der Waals surface area (Å²) in [7, 11) is 3.17. The molecule has 1 saturated heterocycles. The lowest BCUT2D eigenvalue weighted by Gasteiger charge is -2.19. The molecule has 8 nitrogen and oxygen atoms in total. The number of benzene rings is 2. The lowest BCUT2D eigenvalue weighted by molar-refractivity contribution is -0.122. The maximum absolute atomic E-state index is 13.5. The maximum Gasteiger partial charge on any atom is 0.270 e. The number of nitriles is 1. The van der Waals surface area contributed by atoms with Crippen molar-refractivity contribution >= 4 is 57.7 Å². The molecule has 2 heterocycles. The van der Waals surface area contributed by atoms with E-state index in [4.69, 9.17) is 33.3 Å². The molecule has 1 amide bonds. The van der Waals surface area contributed by atoms with Crippen molar-refractivity contribution in [3.63, 3.8) is 0 Å². The van der Waals surface area contributed by atoms with E-state index in [1.54, 1.807) is 33.3 Å². The summed E-state index contributed by atoms with van der Waals surface area (Å²) >= 11 is 13.0. The molecule has 41 heavy (non-hydrogen) atoms. The molecule has 1 N–H and O–H groups in total. The minimum Gasteiger partial charge on any atom is -0.493 e. The zero-order chi connectivity index (χ0) is 29.7. The first-order valence-electron chi connectivity index (χ1n) is 12.8. The predicted molar refractivity (Wildman–Crippen MR) is 168 cm³/mol. The number of rotatable bonds is 10. The minimum absolute atomic E-state index is 0.0371. The lowest BCUT2D eigenvalue weighted by atomic mass is 10.0. The van der Waals surface area contributed by atoms with Gasteiger partial charge in [-0.05, 0) is 61.2 Å². The Labute approximate surface area is 253 Å². The van der Waals surface area contributed by atoms with Gasteiger partial charge in [0.1, 0.15) is 21.8 Å². The maximum atomic E-state index is 13.5. The monoisotopic (exact) mass is 608 g/mol. The van der Waals surface area contributed by atoms with Crippen molar-refractivity contribution in [2.45, 2.75) is 33.4 Å². The highest BCUT2D eigenvalue weighted by Crippen LogP contribution is 2.36. The average Bonchev–Trinajstić information content (AvgIpc) is 3.23. The van der Waals surface area contributed by atoms with Gasteiger partial charge in [-0.15, -0.1) is 0 Å². The van der Waals surface area contributed by atoms with Crippen LogP contribution in [0.2, 0.25) is 5.02 Å². The molecule has 4 rings (SSSR count). The summed E-state index contributed by atoms with van der Waals surface area (Å²) < 4.78 is 12.7. The summed E-state index contributed by atoms with van der Waals surface area (Å²) in [4.78, 5) is 28.6. The summed E-state index contributed by atoms with van der Waals surface area (Å²) in [5.41, 5.74) is 2.53. The molecule has 0 saturated carbocycles. The number of thioether (sulfide) groups is 1. The van der Waals surface area contributed by atoms with Crippen molar-refractivity contribution in [3.8, 4) is 17.6 Å². The normalized spacial score (nSPS) is 14.0. The van der Waals surface area contributed by atoms with E-state index in [1.807, 2.05) is 49.4 Å². The molecule has 0 aliphatic carbocycles. The zero-order valence-electron chi connectivity index (χ0n) is 23.1. The third-order valence-electron chi connectivity index (χ3n) is 6.78. The van der Waals surface area contributed by atoms with Gasteiger partial charge < -0.3 is 14.8 Å². The Morgan fingerprint density at radius 3 is 2.54 bits per heavy atom. The summed E-state index contributed by atoms with van der Waals surface area (Å²) in [6, 6.07) is 15.1. The van der Waals surface area contributed by atoms with Gasteiger partial charge in [-0.25, -0.2) is 0 Å². The van der Waals surface area contributed by atoms with Crippen LogP contribution in [0.25, 0.3) is 6.08 Å². The number of hydrogen-bond donors (Lipinski definition) is 1. The number of pyridine rings is 1. The largest absolute Gasteiger partial charge is 0.493 e. The second-order valence-corrected chi connectivity index (χ2v) is 11.2. The van der Waals surface area contributed by atoms with Crippen molar-refractivity contribution in [2.24, 2.45) is 0 Å². The summed E-state index contributed by atoms with van der Waals surface area (Å²) in [5, 5.41) is 13.7. The van der Waals surface area contributed by atoms with Crippen molar-refractivity contribution in [1.82, 2.24) is 9.47 Å². The average molecular weight is 609 g/mol. The van der Waals surface area contributed by atoms with Gasteiger partial charge in [0.15, 0.2) is 11.5 Å². The Morgan fingerprint density at radius 1 is 1.15 bits per heavy atom. The van der Waals surface area contributed by atoms with Crippen LogP contribution in [-0.4, -0.2) is 40.5 Å². The molecule has 11 heteroatoms. The molecule has 0 bridgehead atoms. The van der Waals surface area contributed by atoms with Gasteiger partial charge in [0.05, 0.1) is 25.7 Å². The molecule has 0 radical (unpaired) electrons. The first-order chi connectivity index (χ1) is 19.7. The summed E-state index contributed by atoms with van der Waals surface area (Å²) in [5.74, 6) is 1.54. The molecule has 1 fully saturated rings. The van der Waals surface area contributed by atoms with Crippen LogP contribution >= 0.6 is 35.6 Å². The van der Waals surface area contributed by atoms with Crippen molar-refractivity contribution in [3.05, 3.63) is 90.6 Å². The Hall–Kier alpha value is -3.78. The number of halogens is 1. The SMILES string of the molecule is CCn1c(NCCc2ccc(OC)c(OC)c2)c(/C=C2/SC(=S)N(Cc3ccccc3Cl)C2=O)c(C)c(C#N)c1=O. The molecule has 3 aromatic rings. The quantitative estimate of drug-likeness (QED) is 0.229. The fraction of sp³-hybridized carbons (Fsp3) is 0.267. The number of amides is 1. The highest BCUT2D eigenvalue weighted by atomic mass is 35.5. The molecule has 0 atom stereocenters. The van der Waals surface area contributed by atoms with Crippen molar-refractivity contribution in [2.75, 3.05) is 26.1 Å². The van der Waals surface area contributed by atoms with Crippen LogP contribution in [0.5, 0.6) is 11.5 Å². The number of anilines is 1. The Kier molecular flexibility index (Phi) is 9.76. The van der Waals surface area contributed by atoms with Crippen molar-refractivity contribution < 1.29 is 14.3 Å². The number of hydrogen-bond acceptors (Lipinski definition) is 8. The minimum atomic E-state index is -0.385. The van der Waals surface area contributed by atoms with Crippen LogP contribution < -0.4 is 20.3 Å². The van der Waals surface area contributed by atoms with Crippen LogP contribution in [0, 0.1) is 18.3 Å². The van der Waals surface area contributed by atoms with Crippen LogP contribution in [0.4, 0.5) is 5.82 Å². The fourth-order valence-corrected chi connectivity index (χ4v) is 6.01. The standard InChI is InChI=1S/C30H29ClN4O4S2/c1-5-34-27(33-13-12-19-10-11-24(38-3)25(14-19)39-4)21(18(2)22(16-32)28(34)36)15-26-29(37)35(30(40)41-26)17-20-8-6-7-9-23(20)31/h6-11,14-15,33H,5,12-13,17H2,1-4H3/b26-15+. The van der Waals surface area contributed by atoms with Gasteiger partial charge in [-0.2, -0.15) is 5.26 Å². The second kappa shape index (κ2) is 13.3. The van der Waals surface area contributed by atoms with Crippen LogP contribution in [0.1, 0.15) is 34.7 Å². The molecule has 0 spiro atoms. The van der Waals surface area contributed by atoms with Gasteiger partial charge >= 0.3 is 0 Å². The first-order valence-corrected chi connectivity index (χ1v) is 14.4. The van der Waals surface area contributed by atoms with Crippen molar-refractivity contribution in [1.29, 1.82) is 5.26 Å². The number of nitrogens with one attached hydrogen (secondary N) is 1. The van der Waals surface area contributed by atoms with Gasteiger partial charge in [0.25, 0.3) is 11.5 Å². The molecular weight excluding hydrogens is 580 g/mol. The number of aromatic nitrogens is 1. The number of ether oxygens (including phenoxy) is 2. The lowest BCUT2D eigenvalue weighted by Crippen LogP contribution is -2.28. The van der Waals surface area contributed by atoms with E-state index in [-0.39, 0.29) is 23.6 Å². The van der Waals surface area contributed by atoms with Crippen LogP contribution in [0.3, 0.4) is 0 Å². The van der Waals surface area contributed by atoms with E-state index in [0.29, 0.717) is 62.2 Å². The van der Waals surface area contributed by atoms with E-state index in [9.17, 15) is 14.9 Å². The van der Waals surface area contributed by atoms with Gasteiger partial charge in [-0.1, -0.05) is 59.8 Å². The third kappa shape index (κ3) is 6.27. The van der Waals surface area contributed by atoms with Crippen LogP contribution in [0.15, 0.2) is 52.2 Å². The molecule has 1 aromatic heterocycles. The highest BCUT2D eigenvalue weighted by molar-refractivity contribution is 8.26. The number of carbonyl (C=O) groups excluding carboxylic acids is 1. The number of carbonyl (C=O) groups is 1. The number of thiocarbonyl (C=S) groups is 1. The van der Waals surface area contributed by atoms with E-state index >= 15 is 0 Å². The summed E-state index contributed by atoms with van der Waals surface area (Å²) in [6.07, 6.45) is 2.34. The summed E-state index contributed by atoms with van der Waals surface area (Å²) in [6.45, 7) is 4.62. The van der Waals surface area contributed by atoms with Crippen LogP contribution in [-0.2, 0) is 24.3 Å². The molecule has 2 aromatic carbocycles. The van der Waals surface area contributed by atoms with Gasteiger partial charge in [0.2, 0.25) is 0 Å². The number of nitrogens with zero attached hydrogens (tertiary/aromatic N) is 3. The predicted octanol–water partition coefficient (Wildman–Crippen LogP) is 5.77. The van der Waals surface area contributed by atoms with Gasteiger partial charge in [0, 0.05) is 23.7 Å². The Bertz CT molecular complexity index is 1640. The zero-order valence-corrected chi connectivity index (χ0v) is 25.5. The Balaban J connectivity index is 1.69. The first kappa shape index (κ1) is 30.2. The molecule has 0 unspecified atom stereocenters. The van der Waals surface area contributed by atoms with E-state index in [1.165, 1.54) is 21.2 Å². The van der Waals surface area contributed by atoms with E-state index in [0.717, 1.165) is 11.1 Å². The molecule has 212 valence electrons. The second-order valence-electron chi connectivity index (χ2n) is 9.15. The van der Waals surface area contributed by atoms with E-state index < -0.39 is 0 Å². The highest BCUT2D eigenvalue weighted by Gasteiger charge is 2.33. The molecule has 1 aliphatic heterocycles. The topological polar surface area (TPSA) is 96.6 Å². The Morgan fingerprint density at radius 2 is 1.88 bits per heavy atom. The smallest absolute Gasteiger partial charge is 0.270 e. The van der Waals surface area contributed by atoms with E-state index in [2.05, 4.69) is 5.32 Å².